The molecule has 1 aliphatic rings. The van der Waals surface area contributed by atoms with Crippen molar-refractivity contribution in [1.82, 2.24) is 14.9 Å². The third-order valence-electron chi connectivity index (χ3n) is 5.79. The average Bonchev–Trinajstić information content (AvgIpc) is 3.41. The van der Waals surface area contributed by atoms with Crippen LogP contribution < -0.4 is 16.0 Å². The predicted octanol–water partition coefficient (Wildman–Crippen LogP) is 2.71. The van der Waals surface area contributed by atoms with Crippen molar-refractivity contribution in [1.29, 1.82) is 0 Å². The van der Waals surface area contributed by atoms with Crippen LogP contribution in [-0.2, 0) is 16.1 Å². The van der Waals surface area contributed by atoms with E-state index in [1.54, 1.807) is 6.20 Å². The highest BCUT2D eigenvalue weighted by Crippen LogP contribution is 2.40. The summed E-state index contributed by atoms with van der Waals surface area (Å²) in [4.78, 5) is 31.2. The van der Waals surface area contributed by atoms with E-state index in [9.17, 15) is 9.59 Å². The molecule has 156 valence electrons. The maximum atomic E-state index is 13.0. The Morgan fingerprint density at radius 2 is 1.65 bits per heavy atom. The number of rotatable bonds is 5. The third-order valence-corrected chi connectivity index (χ3v) is 5.79. The molecule has 31 heavy (non-hydrogen) atoms. The molecule has 2 amide bonds. The molecule has 0 fully saturated rings. The molecule has 0 atom stereocenters. The molecule has 4 N–H and O–H groups in total. The number of nitrogens with one attached hydrogen (secondary N) is 2. The molecule has 0 saturated heterocycles. The number of amides is 2. The Balaban J connectivity index is 1.85. The number of para-hydroxylation sites is 2. The van der Waals surface area contributed by atoms with Gasteiger partial charge in [-0.2, -0.15) is 0 Å². The number of aromatic nitrogens is 2. The lowest BCUT2D eigenvalue weighted by molar-refractivity contribution is -0.122. The summed E-state index contributed by atoms with van der Waals surface area (Å²) in [6, 6.07) is 13.7. The van der Waals surface area contributed by atoms with Crippen LogP contribution in [0.25, 0.3) is 33.0 Å². The van der Waals surface area contributed by atoms with E-state index in [1.807, 2.05) is 67.7 Å². The van der Waals surface area contributed by atoms with Gasteiger partial charge in [0.25, 0.3) is 11.8 Å². The SMILES string of the molecule is CN(C)c1cccc2c(C3=C(c4c[nH]c5ccccc45)C(=O)NC3=O)cn(CCN)c12. The van der Waals surface area contributed by atoms with E-state index in [0.29, 0.717) is 24.2 Å². The van der Waals surface area contributed by atoms with Crippen molar-refractivity contribution in [3.63, 3.8) is 0 Å². The van der Waals surface area contributed by atoms with Gasteiger partial charge < -0.3 is 20.2 Å². The summed E-state index contributed by atoms with van der Waals surface area (Å²) in [6.07, 6.45) is 3.73. The van der Waals surface area contributed by atoms with E-state index in [2.05, 4.69) is 14.9 Å². The minimum atomic E-state index is -0.382. The van der Waals surface area contributed by atoms with Crippen LogP contribution in [0.15, 0.2) is 54.9 Å². The topological polar surface area (TPSA) is 96.1 Å². The normalized spacial score (nSPS) is 14.2. The van der Waals surface area contributed by atoms with Crippen LogP contribution in [0, 0.1) is 0 Å². The lowest BCUT2D eigenvalue weighted by Crippen LogP contribution is -2.22. The molecule has 0 unspecified atom stereocenters. The highest BCUT2D eigenvalue weighted by Gasteiger charge is 2.35. The number of imide groups is 1. The van der Waals surface area contributed by atoms with Gasteiger partial charge in [-0.15, -0.1) is 0 Å². The van der Waals surface area contributed by atoms with Crippen molar-refractivity contribution in [3.05, 3.63) is 66.0 Å². The Bertz CT molecular complexity index is 1390. The average molecular weight is 413 g/mol. The third kappa shape index (κ3) is 2.85. The van der Waals surface area contributed by atoms with Gasteiger partial charge in [-0.05, 0) is 12.1 Å². The number of hydrogen-bond acceptors (Lipinski definition) is 4. The first kappa shape index (κ1) is 19.1. The Labute approximate surface area is 179 Å². The van der Waals surface area contributed by atoms with E-state index in [1.165, 1.54) is 0 Å². The van der Waals surface area contributed by atoms with E-state index in [4.69, 9.17) is 5.73 Å². The van der Waals surface area contributed by atoms with Gasteiger partial charge in [0, 0.05) is 67.0 Å². The molecule has 1 aliphatic heterocycles. The maximum absolute atomic E-state index is 13.0. The standard InChI is InChI=1S/C24H23N5O2/c1-28(2)19-9-5-7-15-17(13-29(11-10-25)22(15)19)21-20(23(30)27-24(21)31)16-12-26-18-8-4-3-6-14(16)18/h3-9,12-13,26H,10-11,25H2,1-2H3,(H,27,30,31). The van der Waals surface area contributed by atoms with Gasteiger partial charge >= 0.3 is 0 Å². The molecule has 0 bridgehead atoms. The van der Waals surface area contributed by atoms with Gasteiger partial charge in [0.2, 0.25) is 0 Å². The van der Waals surface area contributed by atoms with Crippen molar-refractivity contribution in [3.8, 4) is 0 Å². The molecule has 2 aromatic heterocycles. The highest BCUT2D eigenvalue weighted by atomic mass is 16.2. The summed E-state index contributed by atoms with van der Waals surface area (Å²) >= 11 is 0. The molecule has 4 aromatic rings. The first-order chi connectivity index (χ1) is 15.0. The molecule has 0 saturated carbocycles. The molecular weight excluding hydrogens is 390 g/mol. The van der Waals surface area contributed by atoms with Gasteiger partial charge in [-0.3, -0.25) is 14.9 Å². The van der Waals surface area contributed by atoms with E-state index < -0.39 is 0 Å². The number of carbonyl (C=O) groups excluding carboxylic acids is 2. The Hall–Kier alpha value is -3.84. The second-order valence-electron chi connectivity index (χ2n) is 7.87. The number of nitrogens with two attached hydrogens (primary N) is 1. The van der Waals surface area contributed by atoms with Gasteiger partial charge in [-0.1, -0.05) is 30.3 Å². The van der Waals surface area contributed by atoms with Crippen LogP contribution in [-0.4, -0.2) is 42.0 Å². The van der Waals surface area contributed by atoms with Crippen LogP contribution in [0.2, 0.25) is 0 Å². The minimum Gasteiger partial charge on any atom is -0.376 e. The molecule has 5 rings (SSSR count). The molecular formula is C24H23N5O2. The molecule has 0 aliphatic carbocycles. The highest BCUT2D eigenvalue weighted by molar-refractivity contribution is 6.50. The Morgan fingerprint density at radius 3 is 2.39 bits per heavy atom. The second-order valence-corrected chi connectivity index (χ2v) is 7.87. The van der Waals surface area contributed by atoms with E-state index >= 15 is 0 Å². The van der Waals surface area contributed by atoms with Crippen molar-refractivity contribution in [2.75, 3.05) is 25.5 Å². The van der Waals surface area contributed by atoms with Gasteiger partial charge in [0.1, 0.15) is 0 Å². The monoisotopic (exact) mass is 413 g/mol. The zero-order valence-electron chi connectivity index (χ0n) is 17.4. The molecule has 0 spiro atoms. The lowest BCUT2D eigenvalue weighted by Gasteiger charge is -2.16. The molecule has 2 aromatic carbocycles. The largest absolute Gasteiger partial charge is 0.376 e. The number of H-pyrrole nitrogens is 1. The summed E-state index contributed by atoms with van der Waals surface area (Å²) in [5, 5.41) is 4.32. The fourth-order valence-corrected chi connectivity index (χ4v) is 4.46. The molecule has 7 heteroatoms. The lowest BCUT2D eigenvalue weighted by atomic mass is 9.95. The number of anilines is 1. The fraction of sp³-hybridized carbons (Fsp3) is 0.167. The zero-order valence-corrected chi connectivity index (χ0v) is 17.4. The maximum Gasteiger partial charge on any atom is 0.259 e. The number of benzene rings is 2. The molecule has 0 radical (unpaired) electrons. The van der Waals surface area contributed by atoms with Gasteiger partial charge in [-0.25, -0.2) is 0 Å². The first-order valence-electron chi connectivity index (χ1n) is 10.2. The molecule has 3 heterocycles. The van der Waals surface area contributed by atoms with Gasteiger partial charge in [0.15, 0.2) is 0 Å². The van der Waals surface area contributed by atoms with Crippen LogP contribution in [0.1, 0.15) is 11.1 Å². The number of nitrogens with zero attached hydrogens (tertiary/aromatic N) is 2. The second kappa shape index (κ2) is 7.14. The number of hydrogen-bond donors (Lipinski definition) is 3. The fourth-order valence-electron chi connectivity index (χ4n) is 4.46. The van der Waals surface area contributed by atoms with Crippen LogP contribution >= 0.6 is 0 Å². The van der Waals surface area contributed by atoms with Crippen LogP contribution in [0.5, 0.6) is 0 Å². The zero-order chi connectivity index (χ0) is 21.7. The molecule has 7 nitrogen and oxygen atoms in total. The summed E-state index contributed by atoms with van der Waals surface area (Å²) in [5.41, 5.74) is 11.0. The number of aromatic amines is 1. The summed E-state index contributed by atoms with van der Waals surface area (Å²) in [6.45, 7) is 1.07. The Kier molecular flexibility index (Phi) is 4.41. The van der Waals surface area contributed by atoms with E-state index in [-0.39, 0.29) is 11.8 Å². The van der Waals surface area contributed by atoms with Gasteiger partial charge in [0.05, 0.1) is 22.4 Å². The van der Waals surface area contributed by atoms with Crippen molar-refractivity contribution in [2.45, 2.75) is 6.54 Å². The summed E-state index contributed by atoms with van der Waals surface area (Å²) < 4.78 is 2.07. The van der Waals surface area contributed by atoms with Crippen molar-refractivity contribution in [2.24, 2.45) is 5.73 Å². The Morgan fingerprint density at radius 1 is 0.935 bits per heavy atom. The predicted molar refractivity (Wildman–Crippen MR) is 124 cm³/mol. The quantitative estimate of drug-likeness (QED) is 0.438. The summed E-state index contributed by atoms with van der Waals surface area (Å²) in [7, 11) is 3.97. The van der Waals surface area contributed by atoms with Crippen molar-refractivity contribution < 1.29 is 9.59 Å². The number of carbonyl (C=O) groups is 2. The minimum absolute atomic E-state index is 0.381. The van der Waals surface area contributed by atoms with Crippen molar-refractivity contribution >= 4 is 50.5 Å². The summed E-state index contributed by atoms with van der Waals surface area (Å²) in [5.74, 6) is -0.763. The first-order valence-corrected chi connectivity index (χ1v) is 10.2. The smallest absolute Gasteiger partial charge is 0.259 e. The van der Waals surface area contributed by atoms with Crippen LogP contribution in [0.3, 0.4) is 0 Å². The number of fused-ring (bicyclic) bond motifs is 2. The van der Waals surface area contributed by atoms with Crippen LogP contribution in [0.4, 0.5) is 5.69 Å². The van der Waals surface area contributed by atoms with E-state index in [0.717, 1.165) is 38.6 Å².